The largest absolute Gasteiger partial charge is 0.378 e. The van der Waals surface area contributed by atoms with E-state index in [1.165, 1.54) is 17.4 Å². The van der Waals surface area contributed by atoms with Gasteiger partial charge in [0.25, 0.3) is 5.24 Å². The second kappa shape index (κ2) is 7.90. The first-order valence-corrected chi connectivity index (χ1v) is 9.19. The Kier molecular flexibility index (Phi) is 5.63. The van der Waals surface area contributed by atoms with Gasteiger partial charge >= 0.3 is 0 Å². The SMILES string of the molecule is CN(Cc1ccc(N2CCOCC2)cc1)C(=O)CN1CCSC1=O. The number of carbonyl (C=O) groups is 2. The predicted molar refractivity (Wildman–Crippen MR) is 95.4 cm³/mol. The number of thioether (sulfide) groups is 1. The number of hydrogen-bond donors (Lipinski definition) is 0. The van der Waals surface area contributed by atoms with E-state index in [0.29, 0.717) is 13.1 Å². The monoisotopic (exact) mass is 349 g/mol. The summed E-state index contributed by atoms with van der Waals surface area (Å²) in [6.07, 6.45) is 0. The molecule has 0 aromatic heterocycles. The van der Waals surface area contributed by atoms with Gasteiger partial charge in [-0.3, -0.25) is 9.59 Å². The molecule has 0 radical (unpaired) electrons. The van der Waals surface area contributed by atoms with Crippen molar-refractivity contribution in [1.82, 2.24) is 9.80 Å². The molecule has 0 bridgehead atoms. The molecule has 0 unspecified atom stereocenters. The van der Waals surface area contributed by atoms with E-state index < -0.39 is 0 Å². The van der Waals surface area contributed by atoms with Crippen molar-refractivity contribution < 1.29 is 14.3 Å². The Morgan fingerprint density at radius 2 is 1.92 bits per heavy atom. The third kappa shape index (κ3) is 4.21. The summed E-state index contributed by atoms with van der Waals surface area (Å²) < 4.78 is 5.37. The molecule has 130 valence electrons. The van der Waals surface area contributed by atoms with E-state index in [1.54, 1.807) is 16.8 Å². The van der Waals surface area contributed by atoms with Crippen molar-refractivity contribution in [2.24, 2.45) is 0 Å². The van der Waals surface area contributed by atoms with Crippen LogP contribution in [0.5, 0.6) is 0 Å². The topological polar surface area (TPSA) is 53.1 Å². The fraction of sp³-hybridized carbons (Fsp3) is 0.529. The molecule has 2 amide bonds. The van der Waals surface area contributed by atoms with Crippen molar-refractivity contribution in [2.45, 2.75) is 6.54 Å². The van der Waals surface area contributed by atoms with E-state index >= 15 is 0 Å². The summed E-state index contributed by atoms with van der Waals surface area (Å²) in [7, 11) is 1.78. The molecule has 3 rings (SSSR count). The van der Waals surface area contributed by atoms with Crippen LogP contribution >= 0.6 is 11.8 Å². The number of amides is 2. The highest BCUT2D eigenvalue weighted by Crippen LogP contribution is 2.19. The van der Waals surface area contributed by atoms with Crippen LogP contribution in [-0.4, -0.2) is 73.1 Å². The first-order valence-electron chi connectivity index (χ1n) is 8.21. The van der Waals surface area contributed by atoms with Gasteiger partial charge in [-0.1, -0.05) is 23.9 Å². The van der Waals surface area contributed by atoms with Crippen LogP contribution < -0.4 is 4.90 Å². The van der Waals surface area contributed by atoms with Crippen molar-refractivity contribution >= 4 is 28.6 Å². The number of likely N-dealkylation sites (N-methyl/N-ethyl adjacent to an activating group) is 1. The Morgan fingerprint density at radius 3 is 2.54 bits per heavy atom. The van der Waals surface area contributed by atoms with Gasteiger partial charge in [0.05, 0.1) is 13.2 Å². The molecular weight excluding hydrogens is 326 g/mol. The number of carbonyl (C=O) groups excluding carboxylic acids is 2. The van der Waals surface area contributed by atoms with E-state index in [0.717, 1.165) is 37.6 Å². The summed E-state index contributed by atoms with van der Waals surface area (Å²) in [6, 6.07) is 8.32. The molecule has 0 atom stereocenters. The minimum Gasteiger partial charge on any atom is -0.378 e. The number of hydrogen-bond acceptors (Lipinski definition) is 5. The summed E-state index contributed by atoms with van der Waals surface area (Å²) in [6.45, 7) is 4.77. The minimum absolute atomic E-state index is 0.00612. The van der Waals surface area contributed by atoms with Crippen LogP contribution in [0.15, 0.2) is 24.3 Å². The molecule has 2 fully saturated rings. The third-order valence-corrected chi connectivity index (χ3v) is 5.22. The summed E-state index contributed by atoms with van der Waals surface area (Å²) >= 11 is 1.28. The molecule has 0 saturated carbocycles. The van der Waals surface area contributed by atoms with Gasteiger partial charge < -0.3 is 19.4 Å². The number of benzene rings is 1. The standard InChI is InChI=1S/C17H23N3O3S/c1-18(16(21)13-20-8-11-24-17(20)22)12-14-2-4-15(5-3-14)19-6-9-23-10-7-19/h2-5H,6-13H2,1H3. The molecule has 2 aliphatic heterocycles. The van der Waals surface area contributed by atoms with Crippen LogP contribution in [0.4, 0.5) is 10.5 Å². The second-order valence-electron chi connectivity index (χ2n) is 6.05. The molecule has 0 N–H and O–H groups in total. The Bertz CT molecular complexity index is 587. The molecule has 0 spiro atoms. The van der Waals surface area contributed by atoms with Crippen LogP contribution in [0.1, 0.15) is 5.56 Å². The smallest absolute Gasteiger partial charge is 0.282 e. The number of nitrogens with zero attached hydrogens (tertiary/aromatic N) is 3. The van der Waals surface area contributed by atoms with Crippen LogP contribution in [0.3, 0.4) is 0 Å². The lowest BCUT2D eigenvalue weighted by Gasteiger charge is -2.29. The fourth-order valence-electron chi connectivity index (χ4n) is 2.85. The van der Waals surface area contributed by atoms with Gasteiger partial charge in [0.2, 0.25) is 5.91 Å². The predicted octanol–water partition coefficient (Wildman–Crippen LogP) is 1.65. The van der Waals surface area contributed by atoms with Crippen LogP contribution in [0, 0.1) is 0 Å². The molecule has 2 saturated heterocycles. The van der Waals surface area contributed by atoms with Gasteiger partial charge in [0.1, 0.15) is 6.54 Å². The molecule has 1 aromatic rings. The van der Waals surface area contributed by atoms with Gasteiger partial charge in [0, 0.05) is 44.7 Å². The average molecular weight is 349 g/mol. The van der Waals surface area contributed by atoms with E-state index in [1.807, 2.05) is 0 Å². The maximum Gasteiger partial charge on any atom is 0.282 e. The molecule has 2 heterocycles. The lowest BCUT2D eigenvalue weighted by Crippen LogP contribution is -2.38. The molecule has 7 heteroatoms. The van der Waals surface area contributed by atoms with Gasteiger partial charge in [-0.2, -0.15) is 0 Å². The van der Waals surface area contributed by atoms with Gasteiger partial charge in [-0.05, 0) is 17.7 Å². The highest BCUT2D eigenvalue weighted by Gasteiger charge is 2.24. The minimum atomic E-state index is -0.0249. The van der Waals surface area contributed by atoms with Gasteiger partial charge in [0.15, 0.2) is 0 Å². The maximum atomic E-state index is 12.3. The van der Waals surface area contributed by atoms with Crippen molar-refractivity contribution in [3.63, 3.8) is 0 Å². The van der Waals surface area contributed by atoms with Crippen LogP contribution in [0.25, 0.3) is 0 Å². The first kappa shape index (κ1) is 17.1. The molecular formula is C17H23N3O3S. The number of anilines is 1. The van der Waals surface area contributed by atoms with Crippen molar-refractivity contribution in [1.29, 1.82) is 0 Å². The lowest BCUT2D eigenvalue weighted by molar-refractivity contribution is -0.130. The number of morpholine rings is 1. The lowest BCUT2D eigenvalue weighted by atomic mass is 10.1. The van der Waals surface area contributed by atoms with Crippen LogP contribution in [0.2, 0.25) is 0 Å². The number of ether oxygens (including phenoxy) is 1. The highest BCUT2D eigenvalue weighted by atomic mass is 32.2. The normalized spacial score (nSPS) is 18.1. The quantitative estimate of drug-likeness (QED) is 0.809. The maximum absolute atomic E-state index is 12.3. The molecule has 2 aliphatic rings. The molecule has 24 heavy (non-hydrogen) atoms. The van der Waals surface area contributed by atoms with Crippen LogP contribution in [-0.2, 0) is 16.1 Å². The zero-order chi connectivity index (χ0) is 16.9. The third-order valence-electron chi connectivity index (χ3n) is 4.33. The highest BCUT2D eigenvalue weighted by molar-refractivity contribution is 8.13. The van der Waals surface area contributed by atoms with E-state index in [2.05, 4.69) is 29.2 Å². The van der Waals surface area contributed by atoms with E-state index in [-0.39, 0.29) is 17.7 Å². The Hall–Kier alpha value is -1.73. The number of rotatable bonds is 5. The molecule has 6 nitrogen and oxygen atoms in total. The summed E-state index contributed by atoms with van der Waals surface area (Å²) in [5.74, 6) is 0.752. The summed E-state index contributed by atoms with van der Waals surface area (Å²) in [4.78, 5) is 29.4. The summed E-state index contributed by atoms with van der Waals surface area (Å²) in [5.41, 5.74) is 2.28. The average Bonchev–Trinajstić information content (AvgIpc) is 3.01. The van der Waals surface area contributed by atoms with Crippen molar-refractivity contribution in [3.05, 3.63) is 29.8 Å². The van der Waals surface area contributed by atoms with Gasteiger partial charge in [-0.15, -0.1) is 0 Å². The first-order chi connectivity index (χ1) is 11.6. The molecule has 0 aliphatic carbocycles. The van der Waals surface area contributed by atoms with Gasteiger partial charge in [-0.25, -0.2) is 0 Å². The Morgan fingerprint density at radius 1 is 1.21 bits per heavy atom. The zero-order valence-electron chi connectivity index (χ0n) is 13.9. The molecule has 1 aromatic carbocycles. The van der Waals surface area contributed by atoms with E-state index in [4.69, 9.17) is 4.74 Å². The zero-order valence-corrected chi connectivity index (χ0v) is 14.8. The Balaban J connectivity index is 1.52. The van der Waals surface area contributed by atoms with E-state index in [9.17, 15) is 9.59 Å². The van der Waals surface area contributed by atoms with Crippen molar-refractivity contribution in [3.8, 4) is 0 Å². The van der Waals surface area contributed by atoms with Crippen molar-refractivity contribution in [2.75, 3.05) is 57.1 Å². The Labute approximate surface area is 146 Å². The second-order valence-corrected chi connectivity index (χ2v) is 7.10. The fourth-order valence-corrected chi connectivity index (χ4v) is 3.67. The summed E-state index contributed by atoms with van der Waals surface area (Å²) in [5, 5.41) is 0.00612.